The molecule has 108 valence electrons. The van der Waals surface area contributed by atoms with E-state index in [2.05, 4.69) is 18.7 Å². The fourth-order valence-corrected chi connectivity index (χ4v) is 2.63. The number of nitrogens with zero attached hydrogens (tertiary/aromatic N) is 1. The van der Waals surface area contributed by atoms with Crippen molar-refractivity contribution >= 4 is 12.4 Å². The minimum atomic E-state index is 0. The summed E-state index contributed by atoms with van der Waals surface area (Å²) in [5, 5.41) is 0. The van der Waals surface area contributed by atoms with E-state index in [4.69, 9.17) is 4.74 Å². The van der Waals surface area contributed by atoms with E-state index in [-0.39, 0.29) is 12.4 Å². The number of hydrogen-bond acceptors (Lipinski definition) is 2. The van der Waals surface area contributed by atoms with Crippen molar-refractivity contribution in [2.75, 3.05) is 26.2 Å². The van der Waals surface area contributed by atoms with Gasteiger partial charge in [-0.05, 0) is 49.9 Å². The molecule has 0 unspecified atom stereocenters. The van der Waals surface area contributed by atoms with Crippen LogP contribution >= 0.6 is 12.4 Å². The van der Waals surface area contributed by atoms with E-state index >= 15 is 0 Å². The Balaban J connectivity index is 0.00000180. The van der Waals surface area contributed by atoms with Gasteiger partial charge in [-0.25, -0.2) is 0 Å². The van der Waals surface area contributed by atoms with Crippen LogP contribution in [0.3, 0.4) is 0 Å². The van der Waals surface area contributed by atoms with Crippen LogP contribution in [0, 0.1) is 11.8 Å². The molecule has 0 saturated heterocycles. The fourth-order valence-electron chi connectivity index (χ4n) is 2.63. The molecule has 1 aromatic carbocycles. The number of halogens is 1. The van der Waals surface area contributed by atoms with Crippen molar-refractivity contribution in [3.8, 4) is 5.75 Å². The molecule has 2 rings (SSSR count). The minimum Gasteiger partial charge on any atom is -0.493 e. The van der Waals surface area contributed by atoms with Crippen molar-refractivity contribution in [3.63, 3.8) is 0 Å². The van der Waals surface area contributed by atoms with Crippen LogP contribution in [0.15, 0.2) is 30.3 Å². The summed E-state index contributed by atoms with van der Waals surface area (Å²) in [6.45, 7) is 8.96. The first-order valence-electron chi connectivity index (χ1n) is 7.23. The van der Waals surface area contributed by atoms with Crippen molar-refractivity contribution in [3.05, 3.63) is 30.3 Å². The first kappa shape index (κ1) is 16.3. The summed E-state index contributed by atoms with van der Waals surface area (Å²) in [7, 11) is 0. The molecule has 2 atom stereocenters. The zero-order chi connectivity index (χ0) is 12.8. The number of para-hydroxylation sites is 1. The van der Waals surface area contributed by atoms with Crippen LogP contribution in [0.25, 0.3) is 0 Å². The molecule has 3 heteroatoms. The molecule has 1 aromatic rings. The normalized spacial score (nSPS) is 21.6. The van der Waals surface area contributed by atoms with Gasteiger partial charge in [0.2, 0.25) is 0 Å². The molecular formula is C16H26ClNO. The lowest BCUT2D eigenvalue weighted by atomic mass is 9.74. The first-order valence-corrected chi connectivity index (χ1v) is 7.23. The van der Waals surface area contributed by atoms with Gasteiger partial charge in [0.1, 0.15) is 5.75 Å². The van der Waals surface area contributed by atoms with E-state index in [1.165, 1.54) is 32.5 Å². The van der Waals surface area contributed by atoms with Gasteiger partial charge in [0.25, 0.3) is 0 Å². The van der Waals surface area contributed by atoms with Crippen molar-refractivity contribution < 1.29 is 4.74 Å². The van der Waals surface area contributed by atoms with Gasteiger partial charge in [-0.2, -0.15) is 0 Å². The van der Waals surface area contributed by atoms with E-state index < -0.39 is 0 Å². The summed E-state index contributed by atoms with van der Waals surface area (Å²) in [5.41, 5.74) is 0. The Hall–Kier alpha value is -0.730. The molecule has 0 aliphatic heterocycles. The van der Waals surface area contributed by atoms with Crippen LogP contribution in [0.2, 0.25) is 0 Å². The van der Waals surface area contributed by atoms with Gasteiger partial charge in [-0.3, -0.25) is 0 Å². The third-order valence-corrected chi connectivity index (χ3v) is 4.17. The van der Waals surface area contributed by atoms with Gasteiger partial charge in [0, 0.05) is 6.54 Å². The van der Waals surface area contributed by atoms with E-state index in [1.807, 2.05) is 30.3 Å². The second-order valence-electron chi connectivity index (χ2n) is 5.21. The van der Waals surface area contributed by atoms with Crippen molar-refractivity contribution in [1.82, 2.24) is 4.90 Å². The molecule has 2 nitrogen and oxygen atoms in total. The topological polar surface area (TPSA) is 12.5 Å². The van der Waals surface area contributed by atoms with Crippen molar-refractivity contribution in [2.45, 2.75) is 26.7 Å². The van der Waals surface area contributed by atoms with Crippen LogP contribution < -0.4 is 4.74 Å². The lowest BCUT2D eigenvalue weighted by Crippen LogP contribution is -2.40. The van der Waals surface area contributed by atoms with Gasteiger partial charge in [0.05, 0.1) is 6.61 Å². The molecule has 0 bridgehead atoms. The maximum Gasteiger partial charge on any atom is 0.119 e. The summed E-state index contributed by atoms with van der Waals surface area (Å²) in [4.78, 5) is 2.53. The predicted octanol–water partition coefficient (Wildman–Crippen LogP) is 3.86. The van der Waals surface area contributed by atoms with Crippen molar-refractivity contribution in [2.24, 2.45) is 11.8 Å². The quantitative estimate of drug-likeness (QED) is 0.753. The summed E-state index contributed by atoms with van der Waals surface area (Å²) in [6, 6.07) is 10.2. The zero-order valence-electron chi connectivity index (χ0n) is 12.0. The highest BCUT2D eigenvalue weighted by Crippen LogP contribution is 2.35. The molecule has 0 radical (unpaired) electrons. The molecular weight excluding hydrogens is 258 g/mol. The first-order chi connectivity index (χ1) is 8.83. The Morgan fingerprint density at radius 2 is 1.68 bits per heavy atom. The monoisotopic (exact) mass is 283 g/mol. The van der Waals surface area contributed by atoms with Gasteiger partial charge < -0.3 is 9.64 Å². The SMILES string of the molecule is CCN(CC)C[C@H]1CC[C@@H]1COc1ccccc1.Cl. The van der Waals surface area contributed by atoms with Gasteiger partial charge >= 0.3 is 0 Å². The Morgan fingerprint density at radius 3 is 2.21 bits per heavy atom. The predicted molar refractivity (Wildman–Crippen MR) is 83.2 cm³/mol. The molecule has 0 heterocycles. The maximum absolute atomic E-state index is 5.87. The molecule has 0 aromatic heterocycles. The number of hydrogen-bond donors (Lipinski definition) is 0. The molecule has 19 heavy (non-hydrogen) atoms. The highest BCUT2D eigenvalue weighted by atomic mass is 35.5. The lowest BCUT2D eigenvalue weighted by molar-refractivity contribution is 0.0712. The van der Waals surface area contributed by atoms with Gasteiger partial charge in [0.15, 0.2) is 0 Å². The summed E-state index contributed by atoms with van der Waals surface area (Å²) in [5.74, 6) is 2.60. The largest absolute Gasteiger partial charge is 0.493 e. The van der Waals surface area contributed by atoms with Crippen molar-refractivity contribution in [1.29, 1.82) is 0 Å². The molecule has 1 aliphatic carbocycles. The van der Waals surface area contributed by atoms with E-state index in [9.17, 15) is 0 Å². The smallest absolute Gasteiger partial charge is 0.119 e. The Morgan fingerprint density at radius 1 is 1.05 bits per heavy atom. The number of benzene rings is 1. The van der Waals surface area contributed by atoms with E-state index in [1.54, 1.807) is 0 Å². The highest BCUT2D eigenvalue weighted by molar-refractivity contribution is 5.85. The van der Waals surface area contributed by atoms with Crippen LogP contribution in [0.5, 0.6) is 5.75 Å². The summed E-state index contributed by atoms with van der Waals surface area (Å²) in [6.07, 6.45) is 2.71. The second-order valence-corrected chi connectivity index (χ2v) is 5.21. The minimum absolute atomic E-state index is 0. The maximum atomic E-state index is 5.87. The third-order valence-electron chi connectivity index (χ3n) is 4.17. The standard InChI is InChI=1S/C16H25NO.ClH/c1-3-17(4-2)12-14-10-11-15(14)13-18-16-8-6-5-7-9-16;/h5-9,14-15H,3-4,10-13H2,1-2H3;1H/t14-,15-;/m1./s1. The Labute approximate surface area is 123 Å². The number of ether oxygens (including phenoxy) is 1. The fraction of sp³-hybridized carbons (Fsp3) is 0.625. The van der Waals surface area contributed by atoms with E-state index in [0.717, 1.165) is 24.2 Å². The number of rotatable bonds is 7. The van der Waals surface area contributed by atoms with Crippen LogP contribution in [-0.4, -0.2) is 31.1 Å². The van der Waals surface area contributed by atoms with Gasteiger partial charge in [-0.1, -0.05) is 32.0 Å². The Bertz CT molecular complexity index is 340. The molecule has 0 N–H and O–H groups in total. The highest BCUT2D eigenvalue weighted by Gasteiger charge is 2.32. The molecule has 0 amide bonds. The molecule has 1 fully saturated rings. The van der Waals surface area contributed by atoms with Gasteiger partial charge in [-0.15, -0.1) is 12.4 Å². The average molecular weight is 284 g/mol. The summed E-state index contributed by atoms with van der Waals surface area (Å²) < 4.78 is 5.87. The van der Waals surface area contributed by atoms with Crippen LogP contribution in [0.4, 0.5) is 0 Å². The van der Waals surface area contributed by atoms with E-state index in [0.29, 0.717) is 0 Å². The van der Waals surface area contributed by atoms with Crippen LogP contribution in [-0.2, 0) is 0 Å². The second kappa shape index (κ2) is 8.44. The lowest BCUT2D eigenvalue weighted by Gasteiger charge is -2.39. The summed E-state index contributed by atoms with van der Waals surface area (Å²) >= 11 is 0. The average Bonchev–Trinajstić information content (AvgIpc) is 2.40. The zero-order valence-corrected chi connectivity index (χ0v) is 12.9. The molecule has 0 spiro atoms. The third kappa shape index (κ3) is 4.70. The molecule has 1 aliphatic rings. The van der Waals surface area contributed by atoms with Crippen LogP contribution in [0.1, 0.15) is 26.7 Å². The Kier molecular flexibility index (Phi) is 7.25. The molecule has 1 saturated carbocycles.